The number of hydrogen-bond donors (Lipinski definition) is 0. The summed E-state index contributed by atoms with van der Waals surface area (Å²) in [6.45, 7) is 2.67. The average molecular weight is 284 g/mol. The van der Waals surface area contributed by atoms with Gasteiger partial charge < -0.3 is 4.74 Å². The maximum absolute atomic E-state index is 6.13. The first-order valence-corrected chi connectivity index (χ1v) is 6.87. The van der Waals surface area contributed by atoms with Crippen LogP contribution in [0.25, 0.3) is 5.69 Å². The maximum Gasteiger partial charge on any atom is 0.195 e. The van der Waals surface area contributed by atoms with Crippen LogP contribution in [-0.2, 0) is 4.74 Å². The second kappa shape index (κ2) is 6.22. The van der Waals surface area contributed by atoms with E-state index < -0.39 is 0 Å². The summed E-state index contributed by atoms with van der Waals surface area (Å²) in [5.74, 6) is 0.842. The van der Waals surface area contributed by atoms with E-state index in [2.05, 4.69) is 10.2 Å². The van der Waals surface area contributed by atoms with Crippen molar-refractivity contribution in [3.8, 4) is 5.69 Å². The van der Waals surface area contributed by atoms with Gasteiger partial charge in [0.05, 0.1) is 12.3 Å². The number of aryl methyl sites for hydroxylation is 1. The summed E-state index contributed by atoms with van der Waals surface area (Å²) in [6, 6.07) is 5.91. The zero-order valence-electron chi connectivity index (χ0n) is 10.3. The number of hydrogen-bond acceptors (Lipinski definition) is 4. The van der Waals surface area contributed by atoms with Gasteiger partial charge in [-0.05, 0) is 24.6 Å². The molecular weight excluding hydrogens is 270 g/mol. The van der Waals surface area contributed by atoms with Gasteiger partial charge in [0.15, 0.2) is 5.16 Å². The van der Waals surface area contributed by atoms with Crippen LogP contribution in [0.1, 0.15) is 5.56 Å². The van der Waals surface area contributed by atoms with Crippen LogP contribution in [0, 0.1) is 6.92 Å². The molecule has 0 atom stereocenters. The number of nitrogens with zero attached hydrogens (tertiary/aromatic N) is 3. The van der Waals surface area contributed by atoms with Gasteiger partial charge in [0.2, 0.25) is 0 Å². The van der Waals surface area contributed by atoms with Crippen molar-refractivity contribution in [1.82, 2.24) is 14.8 Å². The largest absolute Gasteiger partial charge is 0.384 e. The Morgan fingerprint density at radius 3 is 3.00 bits per heavy atom. The Kier molecular flexibility index (Phi) is 4.63. The topological polar surface area (TPSA) is 39.9 Å². The van der Waals surface area contributed by atoms with Crippen molar-refractivity contribution in [3.05, 3.63) is 35.1 Å². The predicted octanol–water partition coefficient (Wildman–Crippen LogP) is 2.97. The van der Waals surface area contributed by atoms with Gasteiger partial charge >= 0.3 is 0 Å². The van der Waals surface area contributed by atoms with E-state index in [9.17, 15) is 0 Å². The van der Waals surface area contributed by atoms with Gasteiger partial charge in [-0.3, -0.25) is 4.57 Å². The highest BCUT2D eigenvalue weighted by Crippen LogP contribution is 2.23. The highest BCUT2D eigenvalue weighted by molar-refractivity contribution is 7.99. The van der Waals surface area contributed by atoms with Crippen LogP contribution in [0.15, 0.2) is 29.7 Å². The normalized spacial score (nSPS) is 10.8. The van der Waals surface area contributed by atoms with E-state index in [1.807, 2.05) is 29.7 Å². The molecule has 18 heavy (non-hydrogen) atoms. The molecule has 1 aromatic heterocycles. The number of rotatable bonds is 5. The summed E-state index contributed by atoms with van der Waals surface area (Å²) in [5.41, 5.74) is 2.03. The fraction of sp³-hybridized carbons (Fsp3) is 0.333. The van der Waals surface area contributed by atoms with E-state index in [0.29, 0.717) is 6.61 Å². The monoisotopic (exact) mass is 283 g/mol. The third-order valence-corrected chi connectivity index (χ3v) is 3.78. The summed E-state index contributed by atoms with van der Waals surface area (Å²) in [6.07, 6.45) is 1.69. The Morgan fingerprint density at radius 1 is 1.44 bits per heavy atom. The fourth-order valence-corrected chi connectivity index (χ4v) is 2.45. The average Bonchev–Trinajstić information content (AvgIpc) is 2.81. The molecule has 0 saturated heterocycles. The van der Waals surface area contributed by atoms with E-state index in [-0.39, 0.29) is 0 Å². The van der Waals surface area contributed by atoms with Crippen molar-refractivity contribution in [2.75, 3.05) is 19.5 Å². The standard InChI is InChI=1S/C12H14ClN3OS/c1-9-3-4-10(7-11(9)13)16-8-14-15-12(16)18-6-5-17-2/h3-4,7-8H,5-6H2,1-2H3. The lowest BCUT2D eigenvalue weighted by molar-refractivity contribution is 0.218. The molecule has 0 aliphatic carbocycles. The predicted molar refractivity (Wildman–Crippen MR) is 73.7 cm³/mol. The second-order valence-corrected chi connectivity index (χ2v) is 5.23. The van der Waals surface area contributed by atoms with Gasteiger partial charge in [-0.1, -0.05) is 29.4 Å². The molecule has 1 aromatic carbocycles. The Labute approximate surface area is 115 Å². The van der Waals surface area contributed by atoms with E-state index in [1.165, 1.54) is 0 Å². The molecule has 0 spiro atoms. The summed E-state index contributed by atoms with van der Waals surface area (Å²) >= 11 is 7.73. The highest BCUT2D eigenvalue weighted by Gasteiger charge is 2.08. The molecule has 0 saturated carbocycles. The molecule has 0 N–H and O–H groups in total. The minimum atomic E-state index is 0.687. The number of benzene rings is 1. The van der Waals surface area contributed by atoms with Gasteiger partial charge in [0, 0.05) is 17.9 Å². The SMILES string of the molecule is COCCSc1nncn1-c1ccc(C)c(Cl)c1. The minimum Gasteiger partial charge on any atom is -0.384 e. The molecule has 0 unspecified atom stereocenters. The van der Waals surface area contributed by atoms with Crippen molar-refractivity contribution in [1.29, 1.82) is 0 Å². The lowest BCUT2D eigenvalue weighted by Crippen LogP contribution is -1.98. The zero-order chi connectivity index (χ0) is 13.0. The lowest BCUT2D eigenvalue weighted by atomic mass is 10.2. The van der Waals surface area contributed by atoms with Crippen LogP contribution in [0.5, 0.6) is 0 Å². The Balaban J connectivity index is 2.22. The first-order chi connectivity index (χ1) is 8.72. The molecular formula is C12H14ClN3OS. The molecule has 0 bridgehead atoms. The smallest absolute Gasteiger partial charge is 0.195 e. The van der Waals surface area contributed by atoms with Crippen molar-refractivity contribution >= 4 is 23.4 Å². The van der Waals surface area contributed by atoms with Crippen molar-refractivity contribution in [2.24, 2.45) is 0 Å². The van der Waals surface area contributed by atoms with Crippen molar-refractivity contribution in [3.63, 3.8) is 0 Å². The molecule has 1 heterocycles. The molecule has 2 rings (SSSR count). The van der Waals surface area contributed by atoms with E-state index in [0.717, 1.165) is 27.2 Å². The Morgan fingerprint density at radius 2 is 2.28 bits per heavy atom. The fourth-order valence-electron chi connectivity index (χ4n) is 1.45. The summed E-state index contributed by atoms with van der Waals surface area (Å²) in [7, 11) is 1.69. The van der Waals surface area contributed by atoms with Gasteiger partial charge in [-0.15, -0.1) is 10.2 Å². The number of methoxy groups -OCH3 is 1. The number of aromatic nitrogens is 3. The molecule has 6 heteroatoms. The molecule has 0 fully saturated rings. The third-order valence-electron chi connectivity index (χ3n) is 2.47. The van der Waals surface area contributed by atoms with Gasteiger partial charge in [-0.2, -0.15) is 0 Å². The van der Waals surface area contributed by atoms with Crippen LogP contribution in [0.2, 0.25) is 5.02 Å². The first-order valence-electron chi connectivity index (χ1n) is 5.50. The highest BCUT2D eigenvalue weighted by atomic mass is 35.5. The van der Waals surface area contributed by atoms with Gasteiger partial charge in [0.1, 0.15) is 6.33 Å². The van der Waals surface area contributed by atoms with Gasteiger partial charge in [0.25, 0.3) is 0 Å². The Hall–Kier alpha value is -1.04. The number of ether oxygens (including phenoxy) is 1. The zero-order valence-corrected chi connectivity index (χ0v) is 11.8. The van der Waals surface area contributed by atoms with Crippen molar-refractivity contribution in [2.45, 2.75) is 12.1 Å². The summed E-state index contributed by atoms with van der Waals surface area (Å²) in [5, 5.41) is 9.62. The van der Waals surface area contributed by atoms with Crippen molar-refractivity contribution < 1.29 is 4.74 Å². The van der Waals surface area contributed by atoms with Crippen LogP contribution < -0.4 is 0 Å². The lowest BCUT2D eigenvalue weighted by Gasteiger charge is -2.07. The molecule has 0 amide bonds. The maximum atomic E-state index is 6.13. The van der Waals surface area contributed by atoms with Crippen LogP contribution in [-0.4, -0.2) is 34.2 Å². The first kappa shape index (κ1) is 13.4. The van der Waals surface area contributed by atoms with E-state index in [1.54, 1.807) is 25.2 Å². The molecule has 0 radical (unpaired) electrons. The second-order valence-electron chi connectivity index (χ2n) is 3.76. The molecule has 4 nitrogen and oxygen atoms in total. The van der Waals surface area contributed by atoms with Crippen LogP contribution in [0.3, 0.4) is 0 Å². The van der Waals surface area contributed by atoms with E-state index >= 15 is 0 Å². The minimum absolute atomic E-state index is 0.687. The van der Waals surface area contributed by atoms with Crippen LogP contribution in [0.4, 0.5) is 0 Å². The summed E-state index contributed by atoms with van der Waals surface area (Å²) < 4.78 is 6.94. The third kappa shape index (κ3) is 3.04. The molecule has 0 aliphatic rings. The quantitative estimate of drug-likeness (QED) is 0.625. The Bertz CT molecular complexity index is 530. The van der Waals surface area contributed by atoms with E-state index in [4.69, 9.17) is 16.3 Å². The molecule has 96 valence electrons. The summed E-state index contributed by atoms with van der Waals surface area (Å²) in [4.78, 5) is 0. The van der Waals surface area contributed by atoms with Crippen LogP contribution >= 0.6 is 23.4 Å². The molecule has 2 aromatic rings. The number of thioether (sulfide) groups is 1. The molecule has 0 aliphatic heterocycles. The number of halogens is 1. The van der Waals surface area contributed by atoms with Gasteiger partial charge in [-0.25, -0.2) is 0 Å².